The molecule has 0 aliphatic heterocycles. The number of aromatic amines is 1. The number of nitrogens with two attached hydrogens (primary N) is 1. The van der Waals surface area contributed by atoms with Gasteiger partial charge >= 0.3 is 0 Å². The van der Waals surface area contributed by atoms with Crippen molar-refractivity contribution in [1.29, 1.82) is 0 Å². The molecule has 0 fully saturated rings. The van der Waals surface area contributed by atoms with Crippen LogP contribution in [0.25, 0.3) is 11.0 Å². The van der Waals surface area contributed by atoms with E-state index in [2.05, 4.69) is 25.6 Å². The Morgan fingerprint density at radius 1 is 1.00 bits per heavy atom. The third kappa shape index (κ3) is 2.16. The Labute approximate surface area is 114 Å². The molecule has 0 aliphatic rings. The van der Waals surface area contributed by atoms with E-state index < -0.39 is 0 Å². The fourth-order valence-electron chi connectivity index (χ4n) is 1.78. The Kier molecular flexibility index (Phi) is 3.00. The number of rotatable bonds is 3. The molecule has 0 spiro atoms. The first kappa shape index (κ1) is 12.1. The maximum absolute atomic E-state index is 5.80. The largest absolute Gasteiger partial charge is 0.497 e. The van der Waals surface area contributed by atoms with E-state index in [1.165, 1.54) is 0 Å². The maximum Gasteiger partial charge on any atom is 0.142 e. The summed E-state index contributed by atoms with van der Waals surface area (Å²) in [5, 5.41) is 18.9. The number of benzene rings is 2. The monoisotopic (exact) mass is 268 g/mol. The van der Waals surface area contributed by atoms with Crippen molar-refractivity contribution in [2.45, 2.75) is 0 Å². The molecule has 0 unspecified atom stereocenters. The van der Waals surface area contributed by atoms with Crippen LogP contribution in [0.5, 0.6) is 5.75 Å². The number of azo groups is 1. The molecule has 0 aliphatic carbocycles. The molecular weight excluding hydrogens is 256 g/mol. The van der Waals surface area contributed by atoms with Crippen LogP contribution in [-0.4, -0.2) is 22.5 Å². The Hall–Kier alpha value is -2.96. The van der Waals surface area contributed by atoms with E-state index in [1.54, 1.807) is 19.2 Å². The van der Waals surface area contributed by atoms with E-state index in [4.69, 9.17) is 10.5 Å². The van der Waals surface area contributed by atoms with Crippen molar-refractivity contribution in [2.75, 3.05) is 12.8 Å². The first-order valence-corrected chi connectivity index (χ1v) is 5.92. The van der Waals surface area contributed by atoms with Crippen LogP contribution >= 0.6 is 0 Å². The molecule has 0 radical (unpaired) electrons. The molecule has 0 bridgehead atoms. The average Bonchev–Trinajstić information content (AvgIpc) is 2.98. The normalized spacial score (nSPS) is 11.2. The molecule has 2 aromatic carbocycles. The highest BCUT2D eigenvalue weighted by Crippen LogP contribution is 2.28. The Morgan fingerprint density at radius 3 is 2.50 bits per heavy atom. The van der Waals surface area contributed by atoms with Crippen molar-refractivity contribution in [1.82, 2.24) is 15.4 Å². The zero-order chi connectivity index (χ0) is 13.9. The van der Waals surface area contributed by atoms with Crippen LogP contribution in [0.2, 0.25) is 0 Å². The van der Waals surface area contributed by atoms with Gasteiger partial charge in [-0.3, -0.25) is 0 Å². The molecule has 20 heavy (non-hydrogen) atoms. The van der Waals surface area contributed by atoms with Crippen LogP contribution in [0.4, 0.5) is 17.1 Å². The van der Waals surface area contributed by atoms with E-state index in [0.717, 1.165) is 11.4 Å². The van der Waals surface area contributed by atoms with Gasteiger partial charge in [-0.15, -0.1) is 5.11 Å². The first-order chi connectivity index (χ1) is 9.78. The van der Waals surface area contributed by atoms with Gasteiger partial charge in [0, 0.05) is 0 Å². The maximum atomic E-state index is 5.80. The molecule has 100 valence electrons. The molecule has 7 heteroatoms. The summed E-state index contributed by atoms with van der Waals surface area (Å²) < 4.78 is 5.08. The summed E-state index contributed by atoms with van der Waals surface area (Å²) in [5.41, 5.74) is 8.88. The number of nitrogen functional groups attached to an aromatic ring is 1. The van der Waals surface area contributed by atoms with Crippen molar-refractivity contribution in [3.05, 3.63) is 36.4 Å². The summed E-state index contributed by atoms with van der Waals surface area (Å²) in [4.78, 5) is 0. The molecule has 7 nitrogen and oxygen atoms in total. The fraction of sp³-hybridized carbons (Fsp3) is 0.0769. The number of nitrogens with one attached hydrogen (secondary N) is 1. The third-order valence-corrected chi connectivity index (χ3v) is 2.83. The summed E-state index contributed by atoms with van der Waals surface area (Å²) in [5.74, 6) is 0.773. The summed E-state index contributed by atoms with van der Waals surface area (Å²) in [6, 6.07) is 10.8. The number of fused-ring (bicyclic) bond motifs is 1. The minimum absolute atomic E-state index is 0.553. The van der Waals surface area contributed by atoms with Crippen molar-refractivity contribution in [2.24, 2.45) is 10.2 Å². The Bertz CT molecular complexity index is 762. The number of nitrogens with zero attached hydrogens (tertiary/aromatic N) is 4. The predicted molar refractivity (Wildman–Crippen MR) is 75.5 cm³/mol. The van der Waals surface area contributed by atoms with E-state index >= 15 is 0 Å². The number of ether oxygens (including phenoxy) is 1. The molecule has 3 rings (SSSR count). The van der Waals surface area contributed by atoms with Crippen molar-refractivity contribution >= 4 is 28.1 Å². The quantitative estimate of drug-likeness (QED) is 0.563. The van der Waals surface area contributed by atoms with Gasteiger partial charge in [-0.25, -0.2) is 0 Å². The SMILES string of the molecule is COc1ccc(N=Nc2ccc(N)c3n[nH]nc23)cc1. The summed E-state index contributed by atoms with van der Waals surface area (Å²) in [6.45, 7) is 0. The number of anilines is 1. The second-order valence-electron chi connectivity index (χ2n) is 4.09. The molecule has 0 atom stereocenters. The standard InChI is InChI=1S/C13H12N6O/c1-20-9-4-2-8(3-5-9)15-16-11-7-6-10(14)12-13(11)18-19-17-12/h2-7H,14H2,1H3,(H,17,18,19). The molecule has 1 heterocycles. The van der Waals surface area contributed by atoms with Gasteiger partial charge in [0.15, 0.2) is 0 Å². The van der Waals surface area contributed by atoms with Gasteiger partial charge in [0.25, 0.3) is 0 Å². The van der Waals surface area contributed by atoms with E-state index in [1.807, 2.05) is 24.3 Å². The van der Waals surface area contributed by atoms with Gasteiger partial charge in [0.1, 0.15) is 22.5 Å². The average molecular weight is 268 g/mol. The Morgan fingerprint density at radius 2 is 1.75 bits per heavy atom. The number of H-pyrrole nitrogens is 1. The molecule has 0 saturated heterocycles. The lowest BCUT2D eigenvalue weighted by molar-refractivity contribution is 0.415. The lowest BCUT2D eigenvalue weighted by atomic mass is 10.2. The number of aromatic nitrogens is 3. The zero-order valence-corrected chi connectivity index (χ0v) is 10.7. The van der Waals surface area contributed by atoms with Crippen molar-refractivity contribution in [3.63, 3.8) is 0 Å². The van der Waals surface area contributed by atoms with Gasteiger partial charge in [0.05, 0.1) is 18.5 Å². The molecule has 3 N–H and O–H groups in total. The van der Waals surface area contributed by atoms with Gasteiger partial charge in [-0.05, 0) is 36.4 Å². The van der Waals surface area contributed by atoms with Crippen LogP contribution in [0, 0.1) is 0 Å². The predicted octanol–water partition coefficient (Wildman–Crippen LogP) is 2.96. The van der Waals surface area contributed by atoms with E-state index in [0.29, 0.717) is 22.4 Å². The zero-order valence-electron chi connectivity index (χ0n) is 10.7. The number of hydrogen-bond acceptors (Lipinski definition) is 6. The highest BCUT2D eigenvalue weighted by Gasteiger charge is 2.07. The topological polar surface area (TPSA) is 102 Å². The lowest BCUT2D eigenvalue weighted by Gasteiger charge is -1.99. The van der Waals surface area contributed by atoms with Crippen LogP contribution < -0.4 is 10.5 Å². The minimum Gasteiger partial charge on any atom is -0.497 e. The van der Waals surface area contributed by atoms with Crippen LogP contribution in [0.15, 0.2) is 46.6 Å². The molecule has 0 saturated carbocycles. The highest BCUT2D eigenvalue weighted by atomic mass is 16.5. The second-order valence-corrected chi connectivity index (χ2v) is 4.09. The molecule has 3 aromatic rings. The third-order valence-electron chi connectivity index (χ3n) is 2.83. The minimum atomic E-state index is 0.553. The van der Waals surface area contributed by atoms with Gasteiger partial charge in [-0.2, -0.15) is 20.5 Å². The van der Waals surface area contributed by atoms with Crippen LogP contribution in [0.1, 0.15) is 0 Å². The summed E-state index contributed by atoms with van der Waals surface area (Å²) >= 11 is 0. The number of methoxy groups -OCH3 is 1. The van der Waals surface area contributed by atoms with Gasteiger partial charge in [-0.1, -0.05) is 0 Å². The summed E-state index contributed by atoms with van der Waals surface area (Å²) in [6.07, 6.45) is 0. The highest BCUT2D eigenvalue weighted by molar-refractivity contribution is 5.93. The molecule has 0 amide bonds. The smallest absolute Gasteiger partial charge is 0.142 e. The van der Waals surface area contributed by atoms with Gasteiger partial charge in [0.2, 0.25) is 0 Å². The van der Waals surface area contributed by atoms with Gasteiger partial charge < -0.3 is 10.5 Å². The van der Waals surface area contributed by atoms with Crippen LogP contribution in [-0.2, 0) is 0 Å². The van der Waals surface area contributed by atoms with Crippen molar-refractivity contribution in [3.8, 4) is 5.75 Å². The fourth-order valence-corrected chi connectivity index (χ4v) is 1.78. The first-order valence-electron chi connectivity index (χ1n) is 5.92. The summed E-state index contributed by atoms with van der Waals surface area (Å²) in [7, 11) is 1.62. The van der Waals surface area contributed by atoms with E-state index in [9.17, 15) is 0 Å². The lowest BCUT2D eigenvalue weighted by Crippen LogP contribution is -1.85. The van der Waals surface area contributed by atoms with E-state index in [-0.39, 0.29) is 0 Å². The second kappa shape index (κ2) is 4.96. The molecular formula is C13H12N6O. The Balaban J connectivity index is 1.94. The molecule has 1 aromatic heterocycles. The number of hydrogen-bond donors (Lipinski definition) is 2. The van der Waals surface area contributed by atoms with Crippen molar-refractivity contribution < 1.29 is 4.74 Å². The van der Waals surface area contributed by atoms with Crippen LogP contribution in [0.3, 0.4) is 0 Å².